The number of nitrogens with zero attached hydrogens (tertiary/aromatic N) is 2. The van der Waals surface area contributed by atoms with E-state index in [2.05, 4.69) is 181 Å². The van der Waals surface area contributed by atoms with Gasteiger partial charge in [-0.1, -0.05) is 128 Å². The van der Waals surface area contributed by atoms with Gasteiger partial charge in [-0.2, -0.15) is 0 Å². The van der Waals surface area contributed by atoms with Crippen molar-refractivity contribution in [3.05, 3.63) is 173 Å². The molecule has 1 unspecified atom stereocenters. The van der Waals surface area contributed by atoms with Crippen LogP contribution in [0.25, 0.3) is 24.3 Å². The zero-order valence-corrected chi connectivity index (χ0v) is 24.1. The number of benzene rings is 5. The van der Waals surface area contributed by atoms with Crippen LogP contribution in [-0.2, 0) is 0 Å². The van der Waals surface area contributed by atoms with Crippen LogP contribution in [0, 0.1) is 5.92 Å². The van der Waals surface area contributed by atoms with Crippen molar-refractivity contribution in [2.24, 2.45) is 5.92 Å². The van der Waals surface area contributed by atoms with Crippen LogP contribution >= 0.6 is 0 Å². The summed E-state index contributed by atoms with van der Waals surface area (Å²) in [6.45, 7) is 2.34. The van der Waals surface area contributed by atoms with Crippen molar-refractivity contribution in [3.63, 3.8) is 0 Å². The highest BCUT2D eigenvalue weighted by Crippen LogP contribution is 2.44. The molecular weight excluding hydrogens is 520 g/mol. The van der Waals surface area contributed by atoms with Crippen molar-refractivity contribution >= 4 is 52.7 Å². The lowest BCUT2D eigenvalue weighted by Crippen LogP contribution is -2.21. The maximum Gasteiger partial charge on any atom is 0.0534 e. The van der Waals surface area contributed by atoms with Crippen LogP contribution in [0.1, 0.15) is 40.7 Å². The predicted molar refractivity (Wildman–Crippen MR) is 183 cm³/mol. The van der Waals surface area contributed by atoms with Crippen LogP contribution < -0.4 is 9.80 Å². The van der Waals surface area contributed by atoms with Gasteiger partial charge in [-0.05, 0) is 76.2 Å². The highest BCUT2D eigenvalue weighted by molar-refractivity contribution is 5.93. The Morgan fingerprint density at radius 1 is 0.442 bits per heavy atom. The molecule has 0 spiro atoms. The minimum absolute atomic E-state index is 0.304. The summed E-state index contributed by atoms with van der Waals surface area (Å²) in [4.78, 5) is 4.80. The third-order valence-corrected chi connectivity index (χ3v) is 8.86. The van der Waals surface area contributed by atoms with Crippen molar-refractivity contribution in [1.29, 1.82) is 0 Å². The predicted octanol–water partition coefficient (Wildman–Crippen LogP) is 11.1. The molecule has 0 N–H and O–H groups in total. The molecule has 3 aliphatic rings. The molecule has 2 aliphatic heterocycles. The maximum absolute atomic E-state index is 2.43. The van der Waals surface area contributed by atoms with Gasteiger partial charge in [-0.15, -0.1) is 0 Å². The van der Waals surface area contributed by atoms with Crippen molar-refractivity contribution in [2.45, 2.75) is 12.8 Å². The molecular formula is C41H32N2. The first-order valence-corrected chi connectivity index (χ1v) is 15.1. The van der Waals surface area contributed by atoms with E-state index < -0.39 is 0 Å². The number of para-hydroxylation sites is 4. The number of rotatable bonds is 3. The van der Waals surface area contributed by atoms with Gasteiger partial charge in [0.05, 0.1) is 22.7 Å². The second-order valence-corrected chi connectivity index (χ2v) is 11.5. The zero-order valence-electron chi connectivity index (χ0n) is 24.1. The molecule has 43 heavy (non-hydrogen) atoms. The topological polar surface area (TPSA) is 6.48 Å². The van der Waals surface area contributed by atoms with Gasteiger partial charge in [0.25, 0.3) is 0 Å². The minimum atomic E-state index is 0.304. The SMILES string of the molecule is C[C@H]1C=C(N2c3ccccc3C=Cc3ccccc32)C=CC1c1ccc(N2c3ccccc3C=Cc3ccccc32)cc1. The van der Waals surface area contributed by atoms with E-state index in [-0.39, 0.29) is 0 Å². The number of allylic oxidation sites excluding steroid dienone is 3. The van der Waals surface area contributed by atoms with Gasteiger partial charge in [-0.3, -0.25) is 0 Å². The van der Waals surface area contributed by atoms with E-state index in [1.807, 2.05) is 0 Å². The van der Waals surface area contributed by atoms with Crippen LogP contribution in [0.2, 0.25) is 0 Å². The van der Waals surface area contributed by atoms with Gasteiger partial charge >= 0.3 is 0 Å². The molecule has 1 aliphatic carbocycles. The molecule has 206 valence electrons. The average Bonchev–Trinajstić information content (AvgIpc) is 3.33. The molecule has 0 amide bonds. The summed E-state index contributed by atoms with van der Waals surface area (Å²) in [6.07, 6.45) is 16.0. The summed E-state index contributed by atoms with van der Waals surface area (Å²) in [6, 6.07) is 43.8. The van der Waals surface area contributed by atoms with Crippen LogP contribution in [0.4, 0.5) is 28.4 Å². The molecule has 0 saturated heterocycles. The summed E-state index contributed by atoms with van der Waals surface area (Å²) in [5, 5.41) is 0. The van der Waals surface area contributed by atoms with Crippen LogP contribution in [0.3, 0.4) is 0 Å². The molecule has 0 radical (unpaired) electrons. The fraction of sp³-hybridized carbons (Fsp3) is 0.0732. The molecule has 0 saturated carbocycles. The summed E-state index contributed by atoms with van der Waals surface area (Å²) in [5.41, 5.74) is 13.4. The Morgan fingerprint density at radius 3 is 1.30 bits per heavy atom. The molecule has 0 bridgehead atoms. The molecule has 5 aromatic carbocycles. The lowest BCUT2D eigenvalue weighted by atomic mass is 9.83. The van der Waals surface area contributed by atoms with Crippen LogP contribution in [0.15, 0.2) is 145 Å². The van der Waals surface area contributed by atoms with E-state index >= 15 is 0 Å². The van der Waals surface area contributed by atoms with Crippen LogP contribution in [-0.4, -0.2) is 0 Å². The minimum Gasteiger partial charge on any atom is -0.310 e. The van der Waals surface area contributed by atoms with Crippen molar-refractivity contribution < 1.29 is 0 Å². The van der Waals surface area contributed by atoms with Crippen LogP contribution in [0.5, 0.6) is 0 Å². The van der Waals surface area contributed by atoms with Gasteiger partial charge in [0.2, 0.25) is 0 Å². The largest absolute Gasteiger partial charge is 0.310 e. The third kappa shape index (κ3) is 4.43. The molecule has 0 fully saturated rings. The van der Waals surface area contributed by atoms with E-state index in [4.69, 9.17) is 0 Å². The van der Waals surface area contributed by atoms with Gasteiger partial charge < -0.3 is 9.80 Å². The van der Waals surface area contributed by atoms with Crippen molar-refractivity contribution in [3.8, 4) is 0 Å². The number of fused-ring (bicyclic) bond motifs is 4. The van der Waals surface area contributed by atoms with Gasteiger partial charge in [-0.25, -0.2) is 0 Å². The molecule has 0 aromatic heterocycles. The van der Waals surface area contributed by atoms with Gasteiger partial charge in [0.1, 0.15) is 0 Å². The van der Waals surface area contributed by atoms with Gasteiger partial charge in [0, 0.05) is 17.3 Å². The Labute approximate surface area is 253 Å². The molecule has 2 nitrogen and oxygen atoms in total. The van der Waals surface area contributed by atoms with E-state index in [0.29, 0.717) is 11.8 Å². The van der Waals surface area contributed by atoms with E-state index in [1.54, 1.807) is 0 Å². The second-order valence-electron chi connectivity index (χ2n) is 11.5. The Bertz CT molecular complexity index is 1860. The highest BCUT2D eigenvalue weighted by Gasteiger charge is 2.26. The summed E-state index contributed by atoms with van der Waals surface area (Å²) < 4.78 is 0. The fourth-order valence-electron chi connectivity index (χ4n) is 6.72. The zero-order chi connectivity index (χ0) is 28.8. The summed E-state index contributed by atoms with van der Waals surface area (Å²) in [5.74, 6) is 0.643. The lowest BCUT2D eigenvalue weighted by molar-refractivity contribution is 0.628. The van der Waals surface area contributed by atoms with Gasteiger partial charge in [0.15, 0.2) is 0 Å². The second kappa shape index (κ2) is 10.5. The number of hydrogen-bond acceptors (Lipinski definition) is 2. The first-order chi connectivity index (χ1) is 21.2. The standard InChI is InChI=1S/C41H32N2/c1-29-28-36(43-40-16-8-4-12-33(40)20-21-34-13-5-9-17-41(34)43)26-27-37(29)30-22-24-35(25-23-30)42-38-14-6-2-10-31(38)18-19-32-11-3-7-15-39(32)42/h2-29,37H,1H3/t29-,37?/m0/s1. The quantitative estimate of drug-likeness (QED) is 0.215. The third-order valence-electron chi connectivity index (χ3n) is 8.86. The fourth-order valence-corrected chi connectivity index (χ4v) is 6.72. The van der Waals surface area contributed by atoms with Crippen molar-refractivity contribution in [1.82, 2.24) is 0 Å². The summed E-state index contributed by atoms with van der Waals surface area (Å²) >= 11 is 0. The molecule has 2 heteroatoms. The number of anilines is 5. The Hall–Kier alpha value is -5.34. The number of hydrogen-bond donors (Lipinski definition) is 0. The first-order valence-electron chi connectivity index (χ1n) is 15.1. The normalized spacial score (nSPS) is 18.1. The maximum atomic E-state index is 2.43. The molecule has 2 heterocycles. The highest BCUT2D eigenvalue weighted by atomic mass is 15.2. The van der Waals surface area contributed by atoms with Crippen molar-refractivity contribution in [2.75, 3.05) is 9.80 Å². The smallest absolute Gasteiger partial charge is 0.0534 e. The monoisotopic (exact) mass is 552 g/mol. The summed E-state index contributed by atoms with van der Waals surface area (Å²) in [7, 11) is 0. The van der Waals surface area contributed by atoms with E-state index in [9.17, 15) is 0 Å². The molecule has 2 atom stereocenters. The Morgan fingerprint density at radius 2 is 0.860 bits per heavy atom. The van der Waals surface area contributed by atoms with E-state index in [0.717, 1.165) is 0 Å². The molecule has 5 aromatic rings. The lowest BCUT2D eigenvalue weighted by Gasteiger charge is -2.32. The average molecular weight is 553 g/mol. The first kappa shape index (κ1) is 25.4. The Balaban J connectivity index is 1.12. The van der Waals surface area contributed by atoms with E-state index in [1.165, 1.54) is 62.0 Å². The molecule has 8 rings (SSSR count). The Kier molecular flexibility index (Phi) is 6.19.